The van der Waals surface area contributed by atoms with E-state index in [0.29, 0.717) is 11.1 Å². The van der Waals surface area contributed by atoms with E-state index < -0.39 is 0 Å². The summed E-state index contributed by atoms with van der Waals surface area (Å²) in [6.07, 6.45) is 7.24. The molecule has 3 N–H and O–H groups in total. The Kier molecular flexibility index (Phi) is 4.69. The number of allylic oxidation sites excluding steroid dienone is 2. The standard InChI is InChI=1S/C19H18O3/c1-13(2)3-7-16-9-14(6-8-19(16)22)4-5-15-10-17(20)12-18(21)11-15/h3-12,20-22H,1H2,2H3. The van der Waals surface area contributed by atoms with Crippen molar-refractivity contribution in [3.05, 3.63) is 71.3 Å². The quantitative estimate of drug-likeness (QED) is 0.572. The first-order valence-electron chi connectivity index (χ1n) is 6.82. The molecule has 0 unspecified atom stereocenters. The molecule has 0 fully saturated rings. The second-order valence-corrected chi connectivity index (χ2v) is 5.11. The minimum Gasteiger partial charge on any atom is -0.508 e. The topological polar surface area (TPSA) is 60.7 Å². The van der Waals surface area contributed by atoms with Gasteiger partial charge in [-0.05, 0) is 42.3 Å². The molecular formula is C19H18O3. The molecule has 2 rings (SSSR count). The van der Waals surface area contributed by atoms with Crippen LogP contribution in [-0.2, 0) is 0 Å². The summed E-state index contributed by atoms with van der Waals surface area (Å²) in [5.41, 5.74) is 3.17. The number of benzene rings is 2. The van der Waals surface area contributed by atoms with Crippen LogP contribution >= 0.6 is 0 Å². The van der Waals surface area contributed by atoms with Gasteiger partial charge in [-0.1, -0.05) is 42.5 Å². The van der Waals surface area contributed by atoms with Gasteiger partial charge in [-0.2, -0.15) is 0 Å². The Morgan fingerprint density at radius 3 is 2.14 bits per heavy atom. The molecule has 0 aromatic heterocycles. The Morgan fingerprint density at radius 2 is 1.50 bits per heavy atom. The highest BCUT2D eigenvalue weighted by molar-refractivity contribution is 5.73. The number of aromatic hydroxyl groups is 3. The molecule has 0 spiro atoms. The zero-order chi connectivity index (χ0) is 16.1. The largest absolute Gasteiger partial charge is 0.508 e. The van der Waals surface area contributed by atoms with Crippen LogP contribution in [0.2, 0.25) is 0 Å². The van der Waals surface area contributed by atoms with Gasteiger partial charge in [0, 0.05) is 11.6 Å². The molecule has 0 saturated heterocycles. The molecule has 0 atom stereocenters. The second-order valence-electron chi connectivity index (χ2n) is 5.11. The number of hydrogen-bond donors (Lipinski definition) is 3. The zero-order valence-electron chi connectivity index (χ0n) is 12.3. The van der Waals surface area contributed by atoms with Crippen molar-refractivity contribution in [3.63, 3.8) is 0 Å². The van der Waals surface area contributed by atoms with Gasteiger partial charge in [0.1, 0.15) is 17.2 Å². The van der Waals surface area contributed by atoms with E-state index in [2.05, 4.69) is 6.58 Å². The van der Waals surface area contributed by atoms with Gasteiger partial charge in [-0.15, -0.1) is 0 Å². The fraction of sp³-hybridized carbons (Fsp3) is 0.0526. The highest BCUT2D eigenvalue weighted by atomic mass is 16.3. The lowest BCUT2D eigenvalue weighted by molar-refractivity contribution is 0.450. The van der Waals surface area contributed by atoms with Crippen LogP contribution in [0.4, 0.5) is 0 Å². The summed E-state index contributed by atoms with van der Waals surface area (Å²) in [5, 5.41) is 28.7. The van der Waals surface area contributed by atoms with Crippen LogP contribution in [-0.4, -0.2) is 15.3 Å². The van der Waals surface area contributed by atoms with E-state index in [0.717, 1.165) is 11.1 Å². The van der Waals surface area contributed by atoms with Crippen molar-refractivity contribution in [1.82, 2.24) is 0 Å². The molecule has 0 aliphatic heterocycles. The lowest BCUT2D eigenvalue weighted by Gasteiger charge is -2.02. The lowest BCUT2D eigenvalue weighted by atomic mass is 10.1. The fourth-order valence-corrected chi connectivity index (χ4v) is 1.95. The Hall–Kier alpha value is -2.94. The number of phenols is 3. The van der Waals surface area contributed by atoms with E-state index in [9.17, 15) is 15.3 Å². The first-order chi connectivity index (χ1) is 10.4. The molecule has 0 radical (unpaired) electrons. The van der Waals surface area contributed by atoms with Crippen LogP contribution in [0.25, 0.3) is 18.2 Å². The lowest BCUT2D eigenvalue weighted by Crippen LogP contribution is -1.79. The normalized spacial score (nSPS) is 11.3. The van der Waals surface area contributed by atoms with Gasteiger partial charge in [0.2, 0.25) is 0 Å². The van der Waals surface area contributed by atoms with Crippen LogP contribution in [0.15, 0.2) is 54.6 Å². The molecule has 0 aliphatic carbocycles. The molecule has 3 heteroatoms. The van der Waals surface area contributed by atoms with Gasteiger partial charge in [-0.25, -0.2) is 0 Å². The number of rotatable bonds is 4. The van der Waals surface area contributed by atoms with Crippen molar-refractivity contribution >= 4 is 18.2 Å². The highest BCUT2D eigenvalue weighted by Crippen LogP contribution is 2.24. The SMILES string of the molecule is C=C(C)C=Cc1cc(C=Cc2cc(O)cc(O)c2)ccc1O. The van der Waals surface area contributed by atoms with E-state index in [4.69, 9.17) is 0 Å². The predicted octanol–water partition coefficient (Wildman–Crippen LogP) is 4.56. The van der Waals surface area contributed by atoms with Crippen LogP contribution in [0.1, 0.15) is 23.6 Å². The van der Waals surface area contributed by atoms with E-state index in [1.54, 1.807) is 36.4 Å². The Bertz CT molecular complexity index is 735. The van der Waals surface area contributed by atoms with E-state index >= 15 is 0 Å². The van der Waals surface area contributed by atoms with Crippen LogP contribution in [0.3, 0.4) is 0 Å². The van der Waals surface area contributed by atoms with Crippen molar-refractivity contribution in [2.45, 2.75) is 6.92 Å². The third-order valence-electron chi connectivity index (χ3n) is 2.99. The van der Waals surface area contributed by atoms with E-state index in [-0.39, 0.29) is 17.2 Å². The molecule has 22 heavy (non-hydrogen) atoms. The molecular weight excluding hydrogens is 276 g/mol. The molecule has 3 nitrogen and oxygen atoms in total. The summed E-state index contributed by atoms with van der Waals surface area (Å²) < 4.78 is 0. The summed E-state index contributed by atoms with van der Waals surface area (Å²) in [6, 6.07) is 9.63. The first kappa shape index (κ1) is 15.4. The van der Waals surface area contributed by atoms with Gasteiger partial charge < -0.3 is 15.3 Å². The summed E-state index contributed by atoms with van der Waals surface area (Å²) in [4.78, 5) is 0. The van der Waals surface area contributed by atoms with Crippen molar-refractivity contribution in [1.29, 1.82) is 0 Å². The summed E-state index contributed by atoms with van der Waals surface area (Å²) in [5.74, 6) is 0.218. The molecule has 2 aromatic rings. The molecule has 0 aliphatic rings. The maximum absolute atomic E-state index is 9.83. The van der Waals surface area contributed by atoms with Crippen molar-refractivity contribution in [2.75, 3.05) is 0 Å². The smallest absolute Gasteiger partial charge is 0.122 e. The van der Waals surface area contributed by atoms with E-state index in [1.165, 1.54) is 6.07 Å². The molecule has 2 aromatic carbocycles. The summed E-state index contributed by atoms with van der Waals surface area (Å²) in [7, 11) is 0. The third kappa shape index (κ3) is 4.28. The van der Waals surface area contributed by atoms with Gasteiger partial charge >= 0.3 is 0 Å². The van der Waals surface area contributed by atoms with Gasteiger partial charge in [0.15, 0.2) is 0 Å². The number of phenolic OH excluding ortho intramolecular Hbond substituents is 3. The number of hydrogen-bond acceptors (Lipinski definition) is 3. The Morgan fingerprint density at radius 1 is 0.864 bits per heavy atom. The fourth-order valence-electron chi connectivity index (χ4n) is 1.95. The molecule has 0 bridgehead atoms. The molecule has 0 saturated carbocycles. The first-order valence-corrected chi connectivity index (χ1v) is 6.82. The zero-order valence-corrected chi connectivity index (χ0v) is 12.3. The summed E-state index contributed by atoms with van der Waals surface area (Å²) in [6.45, 7) is 5.67. The van der Waals surface area contributed by atoms with Crippen LogP contribution < -0.4 is 0 Å². The summed E-state index contributed by atoms with van der Waals surface area (Å²) >= 11 is 0. The molecule has 112 valence electrons. The maximum Gasteiger partial charge on any atom is 0.122 e. The van der Waals surface area contributed by atoms with Gasteiger partial charge in [-0.3, -0.25) is 0 Å². The van der Waals surface area contributed by atoms with Crippen molar-refractivity contribution < 1.29 is 15.3 Å². The molecule has 0 amide bonds. The minimum atomic E-state index is 0.00966. The van der Waals surface area contributed by atoms with Gasteiger partial charge in [0.25, 0.3) is 0 Å². The monoisotopic (exact) mass is 294 g/mol. The van der Waals surface area contributed by atoms with Crippen molar-refractivity contribution in [3.8, 4) is 17.2 Å². The van der Waals surface area contributed by atoms with Crippen LogP contribution in [0.5, 0.6) is 17.2 Å². The van der Waals surface area contributed by atoms with Crippen LogP contribution in [0, 0.1) is 0 Å². The van der Waals surface area contributed by atoms with E-state index in [1.807, 2.05) is 25.1 Å². The Labute approximate surface area is 129 Å². The predicted molar refractivity (Wildman–Crippen MR) is 90.7 cm³/mol. The van der Waals surface area contributed by atoms with Crippen molar-refractivity contribution in [2.24, 2.45) is 0 Å². The minimum absolute atomic E-state index is 0.00966. The maximum atomic E-state index is 9.83. The average molecular weight is 294 g/mol. The molecule has 0 heterocycles. The highest BCUT2D eigenvalue weighted by Gasteiger charge is 1.99. The third-order valence-corrected chi connectivity index (χ3v) is 2.99. The van der Waals surface area contributed by atoms with Gasteiger partial charge in [0.05, 0.1) is 0 Å². The average Bonchev–Trinajstić information content (AvgIpc) is 2.44. The second kappa shape index (κ2) is 6.68. The Balaban J connectivity index is 2.27.